The molecule has 154 valence electrons. The van der Waals surface area contributed by atoms with Gasteiger partial charge in [-0.15, -0.1) is 0 Å². The number of pyridine rings is 1. The van der Waals surface area contributed by atoms with Gasteiger partial charge in [-0.3, -0.25) is 19.7 Å². The van der Waals surface area contributed by atoms with Crippen molar-refractivity contribution in [2.45, 2.75) is 19.8 Å². The summed E-state index contributed by atoms with van der Waals surface area (Å²) >= 11 is 6.14. The third kappa shape index (κ3) is 4.36. The third-order valence-electron chi connectivity index (χ3n) is 5.28. The van der Waals surface area contributed by atoms with Gasteiger partial charge in [0.05, 0.1) is 11.6 Å². The Labute approximate surface area is 179 Å². The van der Waals surface area contributed by atoms with Gasteiger partial charge in [0.25, 0.3) is 5.91 Å². The number of carbonyl (C=O) groups is 2. The number of rotatable bonds is 4. The first-order valence-corrected chi connectivity index (χ1v) is 10.2. The molecule has 1 atom stereocenters. The average molecular weight is 424 g/mol. The van der Waals surface area contributed by atoms with E-state index in [1.807, 2.05) is 31.2 Å². The van der Waals surface area contributed by atoms with Crippen molar-refractivity contribution in [2.24, 2.45) is 5.92 Å². The summed E-state index contributed by atoms with van der Waals surface area (Å²) in [5.74, 6) is -0.537. The van der Waals surface area contributed by atoms with Crippen LogP contribution in [0.25, 0.3) is 11.3 Å². The van der Waals surface area contributed by atoms with Crippen LogP contribution in [0.3, 0.4) is 0 Å². The van der Waals surface area contributed by atoms with E-state index < -0.39 is 0 Å². The molecule has 0 spiro atoms. The third-order valence-corrected chi connectivity index (χ3v) is 5.69. The molecule has 2 aromatic heterocycles. The van der Waals surface area contributed by atoms with Crippen LogP contribution in [0, 0.1) is 12.8 Å². The number of anilines is 1. The highest BCUT2D eigenvalue weighted by atomic mass is 35.5. The first-order chi connectivity index (χ1) is 14.5. The number of nitrogens with one attached hydrogen (secondary N) is 2. The van der Waals surface area contributed by atoms with Crippen LogP contribution in [0.2, 0.25) is 5.02 Å². The van der Waals surface area contributed by atoms with Crippen molar-refractivity contribution in [3.8, 4) is 11.3 Å². The Morgan fingerprint density at radius 3 is 2.90 bits per heavy atom. The number of likely N-dealkylation sites (tertiary alicyclic amines) is 1. The number of H-pyrrole nitrogens is 1. The van der Waals surface area contributed by atoms with Crippen LogP contribution in [0.1, 0.15) is 28.9 Å². The molecule has 1 aromatic carbocycles. The summed E-state index contributed by atoms with van der Waals surface area (Å²) in [5, 5.41) is 10.6. The van der Waals surface area contributed by atoms with Crippen LogP contribution < -0.4 is 5.32 Å². The Hall–Kier alpha value is -3.19. The van der Waals surface area contributed by atoms with Gasteiger partial charge in [0.2, 0.25) is 5.91 Å². The minimum Gasteiger partial charge on any atom is -0.337 e. The maximum absolute atomic E-state index is 12.9. The number of aromatic amines is 1. The predicted molar refractivity (Wildman–Crippen MR) is 115 cm³/mol. The number of carbonyl (C=O) groups excluding carboxylic acids is 2. The number of amides is 2. The van der Waals surface area contributed by atoms with E-state index in [1.165, 1.54) is 0 Å². The van der Waals surface area contributed by atoms with Gasteiger partial charge >= 0.3 is 0 Å². The molecule has 1 aliphatic heterocycles. The number of aryl methyl sites for hydroxylation is 1. The molecular weight excluding hydrogens is 402 g/mol. The van der Waals surface area contributed by atoms with Crippen molar-refractivity contribution >= 4 is 29.1 Å². The van der Waals surface area contributed by atoms with Crippen molar-refractivity contribution in [1.82, 2.24) is 20.1 Å². The molecule has 8 heteroatoms. The fraction of sp³-hybridized carbons (Fsp3) is 0.273. The Morgan fingerprint density at radius 2 is 2.13 bits per heavy atom. The lowest BCUT2D eigenvalue weighted by atomic mass is 9.96. The highest BCUT2D eigenvalue weighted by Crippen LogP contribution is 2.24. The fourth-order valence-corrected chi connectivity index (χ4v) is 3.73. The lowest BCUT2D eigenvalue weighted by molar-refractivity contribution is -0.121. The molecule has 0 saturated carbocycles. The molecule has 2 amide bonds. The van der Waals surface area contributed by atoms with Gasteiger partial charge in [0, 0.05) is 41.8 Å². The largest absolute Gasteiger partial charge is 0.337 e. The van der Waals surface area contributed by atoms with Gasteiger partial charge in [0.1, 0.15) is 5.69 Å². The normalized spacial score (nSPS) is 16.3. The number of nitrogens with zero attached hydrogens (tertiary/aromatic N) is 3. The Balaban J connectivity index is 1.42. The maximum atomic E-state index is 12.9. The van der Waals surface area contributed by atoms with Crippen LogP contribution in [-0.2, 0) is 4.79 Å². The molecule has 30 heavy (non-hydrogen) atoms. The molecule has 1 saturated heterocycles. The van der Waals surface area contributed by atoms with Crippen LogP contribution in [-0.4, -0.2) is 45.0 Å². The van der Waals surface area contributed by atoms with E-state index in [0.29, 0.717) is 35.2 Å². The minimum atomic E-state index is -0.275. The van der Waals surface area contributed by atoms with Gasteiger partial charge < -0.3 is 10.2 Å². The predicted octanol–water partition coefficient (Wildman–Crippen LogP) is 3.92. The second kappa shape index (κ2) is 8.67. The summed E-state index contributed by atoms with van der Waals surface area (Å²) < 4.78 is 0. The zero-order valence-corrected chi connectivity index (χ0v) is 17.3. The highest BCUT2D eigenvalue weighted by molar-refractivity contribution is 6.31. The maximum Gasteiger partial charge on any atom is 0.271 e. The molecule has 2 N–H and O–H groups in total. The highest BCUT2D eigenvalue weighted by Gasteiger charge is 2.30. The molecule has 0 radical (unpaired) electrons. The first-order valence-electron chi connectivity index (χ1n) is 9.83. The topological polar surface area (TPSA) is 91.0 Å². The SMILES string of the molecule is Cc1ccc(NC(=O)[C@@H]2CCCN(C(=O)c3cc(-c4cccnc4)n[nH]3)C2)cc1Cl. The van der Waals surface area contributed by atoms with Crippen LogP contribution in [0.5, 0.6) is 0 Å². The van der Waals surface area contributed by atoms with Crippen molar-refractivity contribution in [1.29, 1.82) is 0 Å². The van der Waals surface area contributed by atoms with Crippen molar-refractivity contribution in [2.75, 3.05) is 18.4 Å². The van der Waals surface area contributed by atoms with Gasteiger partial charge in [0.15, 0.2) is 0 Å². The van der Waals surface area contributed by atoms with E-state index in [0.717, 1.165) is 24.0 Å². The molecule has 7 nitrogen and oxygen atoms in total. The van der Waals surface area contributed by atoms with Crippen molar-refractivity contribution in [3.63, 3.8) is 0 Å². The number of aromatic nitrogens is 3. The molecule has 3 aromatic rings. The van der Waals surface area contributed by atoms with Gasteiger partial charge in [-0.25, -0.2) is 0 Å². The van der Waals surface area contributed by atoms with E-state index in [-0.39, 0.29) is 17.7 Å². The van der Waals surface area contributed by atoms with Crippen molar-refractivity contribution < 1.29 is 9.59 Å². The zero-order valence-electron chi connectivity index (χ0n) is 16.6. The zero-order chi connectivity index (χ0) is 21.1. The van der Waals surface area contributed by atoms with Crippen LogP contribution in [0.4, 0.5) is 5.69 Å². The van der Waals surface area contributed by atoms with Gasteiger partial charge in [-0.05, 0) is 55.7 Å². The molecule has 1 aliphatic rings. The second-order valence-corrected chi connectivity index (χ2v) is 7.86. The monoisotopic (exact) mass is 423 g/mol. The van der Waals surface area contributed by atoms with E-state index in [9.17, 15) is 9.59 Å². The molecular formula is C22H22ClN5O2. The summed E-state index contributed by atoms with van der Waals surface area (Å²) in [6, 6.07) is 10.9. The Morgan fingerprint density at radius 1 is 1.27 bits per heavy atom. The molecule has 1 fully saturated rings. The molecule has 0 bridgehead atoms. The lowest BCUT2D eigenvalue weighted by Crippen LogP contribution is -2.43. The van der Waals surface area contributed by atoms with E-state index in [2.05, 4.69) is 20.5 Å². The van der Waals surface area contributed by atoms with Gasteiger partial charge in [-0.2, -0.15) is 5.10 Å². The summed E-state index contributed by atoms with van der Waals surface area (Å²) in [7, 11) is 0. The second-order valence-electron chi connectivity index (χ2n) is 7.45. The fourth-order valence-electron chi connectivity index (χ4n) is 3.55. The number of piperidine rings is 1. The van der Waals surface area contributed by atoms with Crippen LogP contribution in [0.15, 0.2) is 48.8 Å². The number of hydrogen-bond donors (Lipinski definition) is 2. The molecule has 3 heterocycles. The Bertz CT molecular complexity index is 1070. The minimum absolute atomic E-state index is 0.104. The quantitative estimate of drug-likeness (QED) is 0.665. The summed E-state index contributed by atoms with van der Waals surface area (Å²) in [6.45, 7) is 2.89. The van der Waals surface area contributed by atoms with E-state index in [1.54, 1.807) is 29.4 Å². The summed E-state index contributed by atoms with van der Waals surface area (Å²) in [4.78, 5) is 31.5. The average Bonchev–Trinajstić information content (AvgIpc) is 3.27. The number of hydrogen-bond acceptors (Lipinski definition) is 4. The van der Waals surface area contributed by atoms with Crippen molar-refractivity contribution in [3.05, 3.63) is 65.1 Å². The molecule has 0 unspecified atom stereocenters. The van der Waals surface area contributed by atoms with E-state index >= 15 is 0 Å². The summed E-state index contributed by atoms with van der Waals surface area (Å²) in [5.41, 5.74) is 3.51. The number of halogens is 1. The summed E-state index contributed by atoms with van der Waals surface area (Å²) in [6.07, 6.45) is 4.88. The van der Waals surface area contributed by atoms with Gasteiger partial charge in [-0.1, -0.05) is 17.7 Å². The lowest BCUT2D eigenvalue weighted by Gasteiger charge is -2.31. The number of benzene rings is 1. The van der Waals surface area contributed by atoms with Crippen LogP contribution >= 0.6 is 11.6 Å². The van der Waals surface area contributed by atoms with E-state index in [4.69, 9.17) is 11.6 Å². The molecule has 4 rings (SSSR count). The first kappa shape index (κ1) is 20.1. The standard InChI is InChI=1S/C22H22ClN5O2/c1-14-6-7-17(10-18(14)23)25-21(29)16-5-3-9-28(13-16)22(30)20-11-19(26-27-20)15-4-2-8-24-12-15/h2,4,6-8,10-12,16H,3,5,9,13H2,1H3,(H,25,29)(H,26,27)/t16-/m1/s1. The Kier molecular flexibility index (Phi) is 5.81. The smallest absolute Gasteiger partial charge is 0.271 e. The molecule has 0 aliphatic carbocycles.